The number of hydrogen-bond donors (Lipinski definition) is 2. The summed E-state index contributed by atoms with van der Waals surface area (Å²) in [6.07, 6.45) is 5.79. The number of likely N-dealkylation sites (tertiary alicyclic amines) is 1. The second-order valence-electron chi connectivity index (χ2n) is 8.40. The molecular weight excluding hydrogens is 419 g/mol. The molecule has 4 heterocycles. The van der Waals surface area contributed by atoms with Gasteiger partial charge in [0.2, 0.25) is 5.91 Å². The number of hydrogen-bond acceptors (Lipinski definition) is 5. The minimum Gasteiger partial charge on any atom is -0.364 e. The summed E-state index contributed by atoms with van der Waals surface area (Å²) in [7, 11) is 0. The molecule has 8 heteroatoms. The molecule has 0 aliphatic carbocycles. The van der Waals surface area contributed by atoms with Crippen LogP contribution in [0.5, 0.6) is 0 Å². The molecule has 7 nitrogen and oxygen atoms in total. The highest BCUT2D eigenvalue weighted by molar-refractivity contribution is 5.87. The van der Waals surface area contributed by atoms with Gasteiger partial charge in [0.25, 0.3) is 0 Å². The standard InChI is InChI=1S/C25H25FN6O/c26-20-5-3-18(4-6-20)15-28-24-21-7-8-22(29-25(21)31-30-24)19-2-1-13-32(16-19)23(33)14-17-9-11-27-12-10-17/h3-12,19H,1-2,13-16H2,(H2,28,29,30,31). The summed E-state index contributed by atoms with van der Waals surface area (Å²) >= 11 is 0. The van der Waals surface area contributed by atoms with Crippen LogP contribution in [0.3, 0.4) is 0 Å². The van der Waals surface area contributed by atoms with Crippen molar-refractivity contribution in [3.05, 3.63) is 83.6 Å². The maximum absolute atomic E-state index is 13.1. The Morgan fingerprint density at radius 2 is 1.91 bits per heavy atom. The van der Waals surface area contributed by atoms with Gasteiger partial charge in [0.15, 0.2) is 11.5 Å². The van der Waals surface area contributed by atoms with Crippen molar-refractivity contribution in [2.75, 3.05) is 18.4 Å². The lowest BCUT2D eigenvalue weighted by Crippen LogP contribution is -2.40. The molecule has 0 spiro atoms. The van der Waals surface area contributed by atoms with Crippen LogP contribution >= 0.6 is 0 Å². The van der Waals surface area contributed by atoms with Crippen molar-refractivity contribution in [2.45, 2.75) is 31.7 Å². The van der Waals surface area contributed by atoms with E-state index < -0.39 is 0 Å². The van der Waals surface area contributed by atoms with Gasteiger partial charge in [-0.2, -0.15) is 5.10 Å². The molecule has 3 aromatic heterocycles. The van der Waals surface area contributed by atoms with Crippen LogP contribution in [-0.2, 0) is 17.8 Å². The molecule has 33 heavy (non-hydrogen) atoms. The fraction of sp³-hybridized carbons (Fsp3) is 0.280. The minimum atomic E-state index is -0.249. The Morgan fingerprint density at radius 1 is 1.09 bits per heavy atom. The van der Waals surface area contributed by atoms with Gasteiger partial charge in [-0.25, -0.2) is 9.37 Å². The number of benzene rings is 1. The Balaban J connectivity index is 1.25. The van der Waals surface area contributed by atoms with E-state index in [4.69, 9.17) is 4.98 Å². The quantitative estimate of drug-likeness (QED) is 0.469. The lowest BCUT2D eigenvalue weighted by molar-refractivity contribution is -0.131. The number of nitrogens with zero attached hydrogens (tertiary/aromatic N) is 4. The van der Waals surface area contributed by atoms with Gasteiger partial charge in [0, 0.05) is 43.6 Å². The molecule has 0 radical (unpaired) electrons. The highest BCUT2D eigenvalue weighted by atomic mass is 19.1. The topological polar surface area (TPSA) is 86.8 Å². The van der Waals surface area contributed by atoms with Crippen molar-refractivity contribution in [3.8, 4) is 0 Å². The number of H-pyrrole nitrogens is 1. The zero-order chi connectivity index (χ0) is 22.6. The number of amides is 1. The fourth-order valence-electron chi connectivity index (χ4n) is 4.30. The molecule has 1 aliphatic rings. The normalized spacial score (nSPS) is 16.2. The first-order chi connectivity index (χ1) is 16.2. The zero-order valence-electron chi connectivity index (χ0n) is 18.2. The van der Waals surface area contributed by atoms with E-state index in [1.54, 1.807) is 24.5 Å². The highest BCUT2D eigenvalue weighted by Gasteiger charge is 2.26. The summed E-state index contributed by atoms with van der Waals surface area (Å²) in [6.45, 7) is 2.00. The molecule has 4 aromatic rings. The largest absolute Gasteiger partial charge is 0.364 e. The van der Waals surface area contributed by atoms with E-state index in [-0.39, 0.29) is 17.6 Å². The molecule has 1 aliphatic heterocycles. The molecule has 1 aromatic carbocycles. The summed E-state index contributed by atoms with van der Waals surface area (Å²) in [6, 6.07) is 14.2. The van der Waals surface area contributed by atoms with E-state index in [9.17, 15) is 9.18 Å². The third-order valence-electron chi connectivity index (χ3n) is 6.12. The Kier molecular flexibility index (Phi) is 5.97. The van der Waals surface area contributed by atoms with Crippen LogP contribution in [0, 0.1) is 5.82 Å². The number of aromatic amines is 1. The smallest absolute Gasteiger partial charge is 0.227 e. The van der Waals surface area contributed by atoms with Crippen molar-refractivity contribution in [1.29, 1.82) is 0 Å². The molecule has 2 N–H and O–H groups in total. The monoisotopic (exact) mass is 444 g/mol. The van der Waals surface area contributed by atoms with Gasteiger partial charge < -0.3 is 10.2 Å². The first kappa shape index (κ1) is 21.1. The zero-order valence-corrected chi connectivity index (χ0v) is 18.2. The van der Waals surface area contributed by atoms with E-state index in [1.165, 1.54) is 12.1 Å². The number of piperidine rings is 1. The van der Waals surface area contributed by atoms with Gasteiger partial charge in [0.05, 0.1) is 11.8 Å². The van der Waals surface area contributed by atoms with Crippen molar-refractivity contribution < 1.29 is 9.18 Å². The lowest BCUT2D eigenvalue weighted by Gasteiger charge is -2.32. The van der Waals surface area contributed by atoms with Gasteiger partial charge in [0.1, 0.15) is 5.82 Å². The average Bonchev–Trinajstić information content (AvgIpc) is 3.26. The predicted molar refractivity (Wildman–Crippen MR) is 124 cm³/mol. The Hall–Kier alpha value is -3.81. The molecule has 1 fully saturated rings. The molecule has 1 amide bonds. The van der Waals surface area contributed by atoms with Crippen LogP contribution in [0.25, 0.3) is 11.0 Å². The highest BCUT2D eigenvalue weighted by Crippen LogP contribution is 2.29. The Labute approximate surface area is 191 Å². The molecule has 5 rings (SSSR count). The van der Waals surface area contributed by atoms with Crippen LogP contribution in [0.2, 0.25) is 0 Å². The van der Waals surface area contributed by atoms with Crippen molar-refractivity contribution >= 4 is 22.8 Å². The molecule has 0 saturated carbocycles. The fourth-order valence-corrected chi connectivity index (χ4v) is 4.30. The number of aromatic nitrogens is 4. The second kappa shape index (κ2) is 9.36. The number of halogens is 1. The molecule has 0 bridgehead atoms. The van der Waals surface area contributed by atoms with Crippen LogP contribution in [0.15, 0.2) is 60.9 Å². The van der Waals surface area contributed by atoms with Gasteiger partial charge >= 0.3 is 0 Å². The van der Waals surface area contributed by atoms with E-state index in [1.807, 2.05) is 29.2 Å². The van der Waals surface area contributed by atoms with Crippen molar-refractivity contribution in [3.63, 3.8) is 0 Å². The van der Waals surface area contributed by atoms with Gasteiger partial charge in [-0.05, 0) is 60.4 Å². The summed E-state index contributed by atoms with van der Waals surface area (Å²) in [5.74, 6) is 0.802. The number of rotatable bonds is 6. The first-order valence-electron chi connectivity index (χ1n) is 11.2. The maximum atomic E-state index is 13.1. The summed E-state index contributed by atoms with van der Waals surface area (Å²) in [4.78, 5) is 23.6. The van der Waals surface area contributed by atoms with E-state index >= 15 is 0 Å². The number of fused-ring (bicyclic) bond motifs is 1. The lowest BCUT2D eigenvalue weighted by atomic mass is 9.93. The van der Waals surface area contributed by atoms with Crippen molar-refractivity contribution in [1.82, 2.24) is 25.1 Å². The van der Waals surface area contributed by atoms with Crippen LogP contribution in [0.1, 0.15) is 35.6 Å². The number of anilines is 1. The van der Waals surface area contributed by atoms with Crippen LogP contribution < -0.4 is 5.32 Å². The van der Waals surface area contributed by atoms with Crippen molar-refractivity contribution in [2.24, 2.45) is 0 Å². The van der Waals surface area contributed by atoms with Gasteiger partial charge in [-0.3, -0.25) is 14.9 Å². The number of nitrogens with one attached hydrogen (secondary N) is 2. The third kappa shape index (κ3) is 4.84. The first-order valence-corrected chi connectivity index (χ1v) is 11.2. The molecule has 1 atom stereocenters. The van der Waals surface area contributed by atoms with Crippen LogP contribution in [0.4, 0.5) is 10.2 Å². The Morgan fingerprint density at radius 3 is 2.73 bits per heavy atom. The average molecular weight is 445 g/mol. The SMILES string of the molecule is O=C(Cc1ccncc1)N1CCCC(c2ccc3c(NCc4ccc(F)cc4)n[nH]c3n2)C1. The summed E-state index contributed by atoms with van der Waals surface area (Å²) in [5.41, 5.74) is 3.64. The van der Waals surface area contributed by atoms with E-state index in [0.29, 0.717) is 31.0 Å². The second-order valence-corrected chi connectivity index (χ2v) is 8.40. The number of carbonyl (C=O) groups is 1. The van der Waals surface area contributed by atoms with Crippen LogP contribution in [-0.4, -0.2) is 44.1 Å². The number of carbonyl (C=O) groups excluding carboxylic acids is 1. The van der Waals surface area contributed by atoms with Gasteiger partial charge in [-0.15, -0.1) is 0 Å². The number of pyridine rings is 2. The third-order valence-corrected chi connectivity index (χ3v) is 6.12. The Bertz CT molecular complexity index is 1240. The molecule has 168 valence electrons. The van der Waals surface area contributed by atoms with E-state index in [0.717, 1.165) is 41.6 Å². The summed E-state index contributed by atoms with van der Waals surface area (Å²) < 4.78 is 13.1. The molecule has 1 saturated heterocycles. The molecular formula is C25H25FN6O. The summed E-state index contributed by atoms with van der Waals surface area (Å²) in [5, 5.41) is 11.6. The molecule has 1 unspecified atom stereocenters. The van der Waals surface area contributed by atoms with E-state index in [2.05, 4.69) is 20.5 Å². The minimum absolute atomic E-state index is 0.140. The van der Waals surface area contributed by atoms with Gasteiger partial charge in [-0.1, -0.05) is 12.1 Å². The maximum Gasteiger partial charge on any atom is 0.227 e. The predicted octanol–water partition coefficient (Wildman–Crippen LogP) is 4.05.